The Morgan fingerprint density at radius 2 is 2.50 bits per heavy atom. The van der Waals surface area contributed by atoms with Crippen LogP contribution in [0.5, 0.6) is 0 Å². The van der Waals surface area contributed by atoms with E-state index in [0.29, 0.717) is 5.92 Å². The van der Waals surface area contributed by atoms with E-state index in [1.165, 1.54) is 0 Å². The molecule has 1 aromatic rings. The molecule has 0 amide bonds. The maximum atomic E-state index is 10.5. The third kappa shape index (κ3) is 1.46. The normalized spacial score (nSPS) is 32.4. The molecule has 2 unspecified atom stereocenters. The molecule has 0 spiro atoms. The van der Waals surface area contributed by atoms with Crippen LogP contribution in [0, 0.1) is 5.92 Å². The smallest absolute Gasteiger partial charge is 0.106 e. The van der Waals surface area contributed by atoms with Gasteiger partial charge < -0.3 is 5.11 Å². The van der Waals surface area contributed by atoms with E-state index in [4.69, 9.17) is 0 Å². The molecule has 1 saturated carbocycles. The summed E-state index contributed by atoms with van der Waals surface area (Å²) in [6, 6.07) is 1.95. The van der Waals surface area contributed by atoms with Gasteiger partial charge in [0.25, 0.3) is 0 Å². The zero-order valence-corrected chi connectivity index (χ0v) is 8.90. The van der Waals surface area contributed by atoms with E-state index in [1.54, 1.807) is 6.20 Å². The number of hydrogen-bond donors (Lipinski definition) is 1. The van der Waals surface area contributed by atoms with Gasteiger partial charge in [-0.25, -0.2) is 0 Å². The first-order valence-electron chi connectivity index (χ1n) is 5.40. The zero-order valence-electron chi connectivity index (χ0n) is 8.90. The minimum Gasteiger partial charge on any atom is -0.384 e. The third-order valence-electron chi connectivity index (χ3n) is 3.23. The van der Waals surface area contributed by atoms with E-state index in [2.05, 4.69) is 18.9 Å². The summed E-state index contributed by atoms with van der Waals surface area (Å²) in [5.41, 5.74) is 0.371. The summed E-state index contributed by atoms with van der Waals surface area (Å²) < 4.78 is 1.90. The molecule has 1 fully saturated rings. The van der Waals surface area contributed by atoms with Gasteiger partial charge in [-0.3, -0.25) is 4.68 Å². The van der Waals surface area contributed by atoms with Crippen molar-refractivity contribution in [2.45, 2.75) is 45.3 Å². The molecule has 14 heavy (non-hydrogen) atoms. The standard InChI is InChI=1S/C11H18N2O/c1-3-13-10(5-7-12-13)11(14)6-4-9(2)8-11/h5,7,9,14H,3-4,6,8H2,1-2H3. The van der Waals surface area contributed by atoms with Crippen molar-refractivity contribution < 1.29 is 5.11 Å². The topological polar surface area (TPSA) is 38.0 Å². The zero-order chi connectivity index (χ0) is 10.2. The number of nitrogens with zero attached hydrogens (tertiary/aromatic N) is 2. The van der Waals surface area contributed by atoms with Crippen LogP contribution in [0.2, 0.25) is 0 Å². The lowest BCUT2D eigenvalue weighted by Gasteiger charge is -2.23. The van der Waals surface area contributed by atoms with Crippen molar-refractivity contribution in [3.05, 3.63) is 18.0 Å². The molecule has 0 bridgehead atoms. The Morgan fingerprint density at radius 1 is 1.71 bits per heavy atom. The molecular formula is C11H18N2O. The van der Waals surface area contributed by atoms with E-state index in [-0.39, 0.29) is 0 Å². The molecule has 1 N–H and O–H groups in total. The second-order valence-corrected chi connectivity index (χ2v) is 4.41. The van der Waals surface area contributed by atoms with E-state index < -0.39 is 5.60 Å². The van der Waals surface area contributed by atoms with E-state index in [1.807, 2.05) is 10.7 Å². The lowest BCUT2D eigenvalue weighted by Crippen LogP contribution is -2.25. The van der Waals surface area contributed by atoms with E-state index >= 15 is 0 Å². The maximum absolute atomic E-state index is 10.5. The molecule has 78 valence electrons. The predicted octanol–water partition coefficient (Wildman–Crippen LogP) is 1.91. The lowest BCUT2D eigenvalue weighted by atomic mass is 9.96. The second-order valence-electron chi connectivity index (χ2n) is 4.41. The van der Waals surface area contributed by atoms with Gasteiger partial charge in [0, 0.05) is 12.7 Å². The Balaban J connectivity index is 2.30. The first kappa shape index (κ1) is 9.71. The van der Waals surface area contributed by atoms with Crippen molar-refractivity contribution in [2.24, 2.45) is 5.92 Å². The molecular weight excluding hydrogens is 176 g/mol. The van der Waals surface area contributed by atoms with Crippen molar-refractivity contribution in [3.8, 4) is 0 Å². The molecule has 1 aliphatic rings. The Bertz CT molecular complexity index is 321. The number of aliphatic hydroxyl groups is 1. The summed E-state index contributed by atoms with van der Waals surface area (Å²) in [6.45, 7) is 5.09. The van der Waals surface area contributed by atoms with Gasteiger partial charge in [-0.15, -0.1) is 0 Å². The fraction of sp³-hybridized carbons (Fsp3) is 0.727. The van der Waals surface area contributed by atoms with Crippen LogP contribution in [0.3, 0.4) is 0 Å². The Kier molecular flexibility index (Phi) is 2.35. The molecule has 1 heterocycles. The molecule has 0 radical (unpaired) electrons. The van der Waals surface area contributed by atoms with Crippen LogP contribution in [-0.2, 0) is 12.1 Å². The second kappa shape index (κ2) is 3.39. The molecule has 2 rings (SSSR count). The minimum absolute atomic E-state index is 0.619. The third-order valence-corrected chi connectivity index (χ3v) is 3.23. The van der Waals surface area contributed by atoms with Crippen molar-refractivity contribution >= 4 is 0 Å². The highest BCUT2D eigenvalue weighted by Gasteiger charge is 2.38. The molecule has 0 aromatic carbocycles. The van der Waals surface area contributed by atoms with E-state index in [0.717, 1.165) is 31.5 Å². The van der Waals surface area contributed by atoms with Crippen LogP contribution in [0.15, 0.2) is 12.3 Å². The molecule has 1 aromatic heterocycles. The quantitative estimate of drug-likeness (QED) is 0.781. The summed E-state index contributed by atoms with van der Waals surface area (Å²) in [7, 11) is 0. The summed E-state index contributed by atoms with van der Waals surface area (Å²) in [5.74, 6) is 0.625. The first-order chi connectivity index (χ1) is 6.65. The molecule has 3 heteroatoms. The SMILES string of the molecule is CCn1nccc1C1(O)CCC(C)C1. The van der Waals surface area contributed by atoms with Gasteiger partial charge in [0.05, 0.1) is 5.69 Å². The average Bonchev–Trinajstić information content (AvgIpc) is 2.73. The first-order valence-corrected chi connectivity index (χ1v) is 5.40. The van der Waals surface area contributed by atoms with Crippen LogP contribution in [0.4, 0.5) is 0 Å². The van der Waals surface area contributed by atoms with Gasteiger partial charge >= 0.3 is 0 Å². The summed E-state index contributed by atoms with van der Waals surface area (Å²) in [5, 5.41) is 14.7. The summed E-state index contributed by atoms with van der Waals surface area (Å²) >= 11 is 0. The molecule has 2 atom stereocenters. The van der Waals surface area contributed by atoms with Crippen LogP contribution in [-0.4, -0.2) is 14.9 Å². The summed E-state index contributed by atoms with van der Waals surface area (Å²) in [4.78, 5) is 0. The van der Waals surface area contributed by atoms with Crippen molar-refractivity contribution in [1.29, 1.82) is 0 Å². The van der Waals surface area contributed by atoms with Crippen LogP contribution in [0.1, 0.15) is 38.8 Å². The predicted molar refractivity (Wildman–Crippen MR) is 54.8 cm³/mol. The summed E-state index contributed by atoms with van der Waals surface area (Å²) in [6.07, 6.45) is 4.64. The van der Waals surface area contributed by atoms with Gasteiger partial charge in [0.2, 0.25) is 0 Å². The van der Waals surface area contributed by atoms with Gasteiger partial charge in [-0.1, -0.05) is 6.92 Å². The van der Waals surface area contributed by atoms with Crippen molar-refractivity contribution in [2.75, 3.05) is 0 Å². The lowest BCUT2D eigenvalue weighted by molar-refractivity contribution is 0.0315. The number of hydrogen-bond acceptors (Lipinski definition) is 2. The molecule has 0 saturated heterocycles. The Morgan fingerprint density at radius 3 is 3.07 bits per heavy atom. The maximum Gasteiger partial charge on any atom is 0.106 e. The monoisotopic (exact) mass is 194 g/mol. The molecule has 0 aliphatic heterocycles. The van der Waals surface area contributed by atoms with Crippen LogP contribution in [0.25, 0.3) is 0 Å². The molecule has 3 nitrogen and oxygen atoms in total. The van der Waals surface area contributed by atoms with Gasteiger partial charge in [-0.05, 0) is 38.2 Å². The van der Waals surface area contributed by atoms with Gasteiger partial charge in [0.1, 0.15) is 5.60 Å². The fourth-order valence-electron chi connectivity index (χ4n) is 2.48. The van der Waals surface area contributed by atoms with Crippen molar-refractivity contribution in [1.82, 2.24) is 9.78 Å². The van der Waals surface area contributed by atoms with E-state index in [9.17, 15) is 5.11 Å². The van der Waals surface area contributed by atoms with Crippen LogP contribution >= 0.6 is 0 Å². The Hall–Kier alpha value is -0.830. The average molecular weight is 194 g/mol. The fourth-order valence-corrected chi connectivity index (χ4v) is 2.48. The van der Waals surface area contributed by atoms with Crippen LogP contribution < -0.4 is 0 Å². The highest BCUT2D eigenvalue weighted by molar-refractivity contribution is 5.14. The van der Waals surface area contributed by atoms with Gasteiger partial charge in [-0.2, -0.15) is 5.10 Å². The highest BCUT2D eigenvalue weighted by Crippen LogP contribution is 2.41. The minimum atomic E-state index is -0.619. The Labute approximate surface area is 84.7 Å². The van der Waals surface area contributed by atoms with Gasteiger partial charge in [0.15, 0.2) is 0 Å². The molecule has 1 aliphatic carbocycles. The number of aromatic nitrogens is 2. The largest absolute Gasteiger partial charge is 0.384 e. The van der Waals surface area contributed by atoms with Crippen molar-refractivity contribution in [3.63, 3.8) is 0 Å². The number of aryl methyl sites for hydroxylation is 1. The highest BCUT2D eigenvalue weighted by atomic mass is 16.3. The number of rotatable bonds is 2.